The lowest BCUT2D eigenvalue weighted by molar-refractivity contribution is 0.586. The van der Waals surface area contributed by atoms with Crippen molar-refractivity contribution >= 4 is 44.9 Å². The minimum absolute atomic E-state index is 0.0180. The molecule has 1 unspecified atom stereocenters. The van der Waals surface area contributed by atoms with E-state index in [1.807, 2.05) is 0 Å². The molecule has 10 heteroatoms. The highest BCUT2D eigenvalue weighted by Crippen LogP contribution is 2.41. The second-order valence-electron chi connectivity index (χ2n) is 7.62. The zero-order chi connectivity index (χ0) is 23.9. The monoisotopic (exact) mass is 509 g/mol. The Kier molecular flexibility index (Phi) is 6.35. The van der Waals surface area contributed by atoms with Crippen molar-refractivity contribution in [3.05, 3.63) is 92.5 Å². The minimum Gasteiger partial charge on any atom is -0.324 e. The third-order valence-corrected chi connectivity index (χ3v) is 7.80. The van der Waals surface area contributed by atoms with E-state index < -0.39 is 21.8 Å². The van der Waals surface area contributed by atoms with Gasteiger partial charge in [-0.25, -0.2) is 26.9 Å². The van der Waals surface area contributed by atoms with Crippen LogP contribution in [0.25, 0.3) is 0 Å². The molecule has 0 aliphatic carbocycles. The lowest BCUT2D eigenvalue weighted by atomic mass is 9.91. The number of hydrogen-bond acceptors (Lipinski definition) is 3. The molecule has 4 rings (SSSR count). The van der Waals surface area contributed by atoms with Crippen molar-refractivity contribution in [1.82, 2.24) is 4.72 Å². The summed E-state index contributed by atoms with van der Waals surface area (Å²) >= 11 is 12.5. The molecule has 33 heavy (non-hydrogen) atoms. The smallest absolute Gasteiger partial charge is 0.266 e. The second-order valence-corrected chi connectivity index (χ2v) is 10.1. The number of rotatable bonds is 4. The number of anilines is 1. The molecule has 0 bridgehead atoms. The molecule has 1 aliphatic heterocycles. The van der Waals surface area contributed by atoms with E-state index in [0.29, 0.717) is 21.7 Å². The Hall–Kier alpha value is -2.68. The van der Waals surface area contributed by atoms with Crippen molar-refractivity contribution in [2.45, 2.75) is 31.2 Å². The molecule has 1 heterocycles. The summed E-state index contributed by atoms with van der Waals surface area (Å²) in [6, 6.07) is 11.9. The molecule has 1 aliphatic rings. The van der Waals surface area contributed by atoms with Gasteiger partial charge < -0.3 is 5.32 Å². The first-order chi connectivity index (χ1) is 15.6. The zero-order valence-corrected chi connectivity index (χ0v) is 19.9. The van der Waals surface area contributed by atoms with Crippen LogP contribution in [0.15, 0.2) is 58.4 Å². The van der Waals surface area contributed by atoms with Crippen LogP contribution < -0.4 is 10.0 Å². The van der Waals surface area contributed by atoms with Crippen LogP contribution in [0.1, 0.15) is 35.1 Å². The molecule has 0 amide bonds. The molecule has 0 saturated carbocycles. The van der Waals surface area contributed by atoms with Crippen molar-refractivity contribution in [2.24, 2.45) is 4.99 Å². The molecule has 3 aromatic carbocycles. The molecule has 5 nitrogen and oxygen atoms in total. The largest absolute Gasteiger partial charge is 0.324 e. The van der Waals surface area contributed by atoms with Gasteiger partial charge in [0.1, 0.15) is 16.5 Å². The number of nitrogens with zero attached hydrogens (tertiary/aromatic N) is 1. The number of hydrogen-bond donors (Lipinski definition) is 2. The first-order valence-electron chi connectivity index (χ1n) is 9.94. The van der Waals surface area contributed by atoms with E-state index in [-0.39, 0.29) is 39.5 Å². The average Bonchev–Trinajstić information content (AvgIpc) is 2.75. The van der Waals surface area contributed by atoms with Crippen LogP contribution in [0, 0.1) is 18.6 Å². The van der Waals surface area contributed by atoms with Crippen molar-refractivity contribution in [3.63, 3.8) is 0 Å². The second kappa shape index (κ2) is 8.93. The number of fused-ring (bicyclic) bond motifs is 1. The Morgan fingerprint density at radius 1 is 1.03 bits per heavy atom. The van der Waals surface area contributed by atoms with Crippen LogP contribution in [-0.2, 0) is 16.6 Å². The van der Waals surface area contributed by atoms with Crippen LogP contribution in [0.2, 0.25) is 10.0 Å². The van der Waals surface area contributed by atoms with E-state index in [2.05, 4.69) is 15.0 Å². The van der Waals surface area contributed by atoms with E-state index in [1.54, 1.807) is 44.2 Å². The molecule has 2 N–H and O–H groups in total. The normalized spacial score (nSPS) is 16.6. The van der Waals surface area contributed by atoms with Gasteiger partial charge in [-0.1, -0.05) is 54.4 Å². The molecular weight excluding hydrogens is 491 g/mol. The van der Waals surface area contributed by atoms with Crippen LogP contribution in [-0.4, -0.2) is 14.4 Å². The molecule has 1 atom stereocenters. The zero-order valence-electron chi connectivity index (χ0n) is 17.6. The highest BCUT2D eigenvalue weighted by molar-refractivity contribution is 7.90. The average molecular weight is 510 g/mol. The fourth-order valence-electron chi connectivity index (χ4n) is 3.75. The van der Waals surface area contributed by atoms with Crippen LogP contribution >= 0.6 is 23.2 Å². The van der Waals surface area contributed by atoms with E-state index in [0.717, 1.165) is 6.07 Å². The Balaban J connectivity index is 1.79. The van der Waals surface area contributed by atoms with E-state index in [1.165, 1.54) is 12.1 Å². The SMILES string of the molecule is Cc1c(F)cccc1CN=C1Nc2c(ccc(F)c2C(C)c2cccc(Cl)c2Cl)S(=O)(=O)N1. The van der Waals surface area contributed by atoms with Crippen LogP contribution in [0.4, 0.5) is 14.5 Å². The van der Waals surface area contributed by atoms with Gasteiger partial charge in [0.25, 0.3) is 10.0 Å². The van der Waals surface area contributed by atoms with Crippen molar-refractivity contribution < 1.29 is 17.2 Å². The number of nitrogens with one attached hydrogen (secondary N) is 2. The highest BCUT2D eigenvalue weighted by atomic mass is 35.5. The maximum Gasteiger partial charge on any atom is 0.266 e. The number of aliphatic imine (C=N–C) groups is 1. The third-order valence-electron chi connectivity index (χ3n) is 5.59. The molecule has 0 saturated heterocycles. The quantitative estimate of drug-likeness (QED) is 0.453. The van der Waals surface area contributed by atoms with Crippen molar-refractivity contribution in [2.75, 3.05) is 5.32 Å². The highest BCUT2D eigenvalue weighted by Gasteiger charge is 2.32. The van der Waals surface area contributed by atoms with Gasteiger partial charge in [0.2, 0.25) is 5.96 Å². The maximum absolute atomic E-state index is 15.1. The van der Waals surface area contributed by atoms with E-state index in [4.69, 9.17) is 23.2 Å². The number of guanidine groups is 1. The van der Waals surface area contributed by atoms with Gasteiger partial charge in [0.15, 0.2) is 0 Å². The predicted molar refractivity (Wildman–Crippen MR) is 127 cm³/mol. The fourth-order valence-corrected chi connectivity index (χ4v) is 5.37. The molecule has 0 aromatic heterocycles. The number of benzene rings is 3. The van der Waals surface area contributed by atoms with Crippen LogP contribution in [0.5, 0.6) is 0 Å². The summed E-state index contributed by atoms with van der Waals surface area (Å²) in [4.78, 5) is 4.14. The Bertz CT molecular complexity index is 1390. The first-order valence-corrected chi connectivity index (χ1v) is 12.2. The topological polar surface area (TPSA) is 70.6 Å². The fraction of sp³-hybridized carbons (Fsp3) is 0.174. The van der Waals surface area contributed by atoms with Gasteiger partial charge in [0, 0.05) is 11.5 Å². The molecule has 0 fully saturated rings. The molecule has 3 aromatic rings. The van der Waals surface area contributed by atoms with Gasteiger partial charge in [0.05, 0.1) is 22.3 Å². The van der Waals surface area contributed by atoms with Crippen molar-refractivity contribution in [3.8, 4) is 0 Å². The summed E-state index contributed by atoms with van der Waals surface area (Å²) in [6.45, 7) is 3.34. The van der Waals surface area contributed by atoms with E-state index in [9.17, 15) is 12.8 Å². The third kappa shape index (κ3) is 4.43. The standard InChI is InChI=1S/C23H19Cl2F2N3O2S/c1-12-14(5-3-8-17(12)26)11-28-23-29-22-19(33(31,32)30-23)10-9-18(27)20(22)13(2)15-6-4-7-16(24)21(15)25/h3-10,13H,11H2,1-2H3,(H2,28,29,30). The van der Waals surface area contributed by atoms with Gasteiger partial charge in [-0.3, -0.25) is 0 Å². The number of sulfonamides is 1. The van der Waals surface area contributed by atoms with Gasteiger partial charge in [-0.15, -0.1) is 0 Å². The van der Waals surface area contributed by atoms with Gasteiger partial charge in [-0.2, -0.15) is 0 Å². The van der Waals surface area contributed by atoms with Gasteiger partial charge in [-0.05, 0) is 47.9 Å². The van der Waals surface area contributed by atoms with Crippen LogP contribution in [0.3, 0.4) is 0 Å². The Morgan fingerprint density at radius 2 is 1.76 bits per heavy atom. The minimum atomic E-state index is -4.03. The number of halogens is 4. The molecular formula is C23H19Cl2F2N3O2S. The lowest BCUT2D eigenvalue weighted by Gasteiger charge is -2.27. The lowest BCUT2D eigenvalue weighted by Crippen LogP contribution is -2.41. The Morgan fingerprint density at radius 3 is 2.52 bits per heavy atom. The Labute approximate surface area is 200 Å². The molecule has 0 radical (unpaired) electrons. The summed E-state index contributed by atoms with van der Waals surface area (Å²) in [6.07, 6.45) is 0. The summed E-state index contributed by atoms with van der Waals surface area (Å²) in [7, 11) is -4.03. The molecule has 172 valence electrons. The van der Waals surface area contributed by atoms with Gasteiger partial charge >= 0.3 is 0 Å². The predicted octanol–water partition coefficient (Wildman–Crippen LogP) is 5.99. The summed E-state index contributed by atoms with van der Waals surface area (Å²) in [5, 5.41) is 3.47. The maximum atomic E-state index is 15.1. The summed E-state index contributed by atoms with van der Waals surface area (Å²) < 4.78 is 57.0. The van der Waals surface area contributed by atoms with Crippen molar-refractivity contribution in [1.29, 1.82) is 0 Å². The first kappa shape index (κ1) is 23.5. The summed E-state index contributed by atoms with van der Waals surface area (Å²) in [5.41, 5.74) is 1.72. The van der Waals surface area contributed by atoms with E-state index >= 15 is 4.39 Å². The molecule has 0 spiro atoms. The summed E-state index contributed by atoms with van der Waals surface area (Å²) in [5.74, 6) is -1.71.